The largest absolute Gasteiger partial charge is 0.492 e. The minimum atomic E-state index is -1.88. The minimum absolute atomic E-state index is 0.0346. The van der Waals surface area contributed by atoms with Crippen molar-refractivity contribution in [2.75, 3.05) is 0 Å². The first-order chi connectivity index (χ1) is 11.2. The van der Waals surface area contributed by atoms with Crippen LogP contribution in [0.2, 0.25) is 37.8 Å². The van der Waals surface area contributed by atoms with Crippen LogP contribution in [0.4, 0.5) is 0 Å². The molecule has 0 bridgehead atoms. The first kappa shape index (κ1) is 19.6. The summed E-state index contributed by atoms with van der Waals surface area (Å²) in [7, 11) is -3.57. The first-order valence-corrected chi connectivity index (χ1v) is 16.3. The lowest BCUT2D eigenvalue weighted by Crippen LogP contribution is -2.54. The summed E-state index contributed by atoms with van der Waals surface area (Å²) in [5.41, 5.74) is -0.165. The van der Waals surface area contributed by atoms with Crippen LogP contribution in [0.5, 0.6) is 0 Å². The third-order valence-electron chi connectivity index (χ3n) is 6.89. The fourth-order valence-electron chi connectivity index (χ4n) is 5.03. The van der Waals surface area contributed by atoms with Gasteiger partial charge < -0.3 is 13.6 Å². The third kappa shape index (κ3) is 2.90. The Labute approximate surface area is 156 Å². The van der Waals surface area contributed by atoms with E-state index in [9.17, 15) is 0 Å². The number of hydrogen-bond donors (Lipinski definition) is 0. The minimum Gasteiger partial charge on any atom is -0.492 e. The van der Waals surface area contributed by atoms with Gasteiger partial charge in [-0.2, -0.15) is 0 Å². The van der Waals surface area contributed by atoms with Crippen LogP contribution in [0, 0.1) is 5.41 Å². The molecular weight excluding hydrogens is 344 g/mol. The van der Waals surface area contributed by atoms with E-state index in [-0.39, 0.29) is 27.8 Å². The molecule has 0 N–H and O–H groups in total. The maximum Gasteiger partial charge on any atom is 0.193 e. The van der Waals surface area contributed by atoms with E-state index in [0.717, 1.165) is 12.8 Å². The van der Waals surface area contributed by atoms with Gasteiger partial charge >= 0.3 is 0 Å². The Bertz CT molecular complexity index is 574. The van der Waals surface area contributed by atoms with Crippen molar-refractivity contribution in [2.24, 2.45) is 5.41 Å². The molecule has 2 aliphatic carbocycles. The van der Waals surface area contributed by atoms with E-state index >= 15 is 0 Å². The molecule has 0 spiro atoms. The summed E-state index contributed by atoms with van der Waals surface area (Å²) in [4.78, 5) is 0. The summed E-state index contributed by atoms with van der Waals surface area (Å²) < 4.78 is 20.1. The molecular formula is C20H38O3Si2. The van der Waals surface area contributed by atoms with Crippen LogP contribution in [0.1, 0.15) is 53.4 Å². The van der Waals surface area contributed by atoms with Crippen LogP contribution in [0.3, 0.4) is 0 Å². The number of fused-ring (bicyclic) bond motifs is 3. The molecule has 2 saturated carbocycles. The van der Waals surface area contributed by atoms with Gasteiger partial charge in [0.25, 0.3) is 0 Å². The predicted molar refractivity (Wildman–Crippen MR) is 109 cm³/mol. The van der Waals surface area contributed by atoms with E-state index < -0.39 is 16.6 Å². The Morgan fingerprint density at radius 1 is 1.08 bits per heavy atom. The zero-order valence-corrected chi connectivity index (χ0v) is 19.8. The molecule has 0 unspecified atom stereocenters. The molecule has 2 fully saturated rings. The highest BCUT2D eigenvalue weighted by Crippen LogP contribution is 2.77. The van der Waals surface area contributed by atoms with Crippen LogP contribution in [0.15, 0.2) is 12.3 Å². The van der Waals surface area contributed by atoms with Crippen LogP contribution in [0.25, 0.3) is 0 Å². The molecule has 4 atom stereocenters. The summed E-state index contributed by atoms with van der Waals surface area (Å²) >= 11 is 0. The van der Waals surface area contributed by atoms with Crippen molar-refractivity contribution in [3.05, 3.63) is 12.3 Å². The molecule has 5 heteroatoms. The molecule has 1 aliphatic heterocycles. The molecule has 0 aromatic carbocycles. The van der Waals surface area contributed by atoms with Crippen molar-refractivity contribution in [2.45, 2.75) is 108 Å². The smallest absolute Gasteiger partial charge is 0.193 e. The van der Waals surface area contributed by atoms with Crippen molar-refractivity contribution in [3.8, 4) is 0 Å². The highest BCUT2D eigenvalue weighted by molar-refractivity contribution is 6.74. The van der Waals surface area contributed by atoms with Crippen LogP contribution >= 0.6 is 0 Å². The average Bonchev–Trinajstić information content (AvgIpc) is 2.70. The van der Waals surface area contributed by atoms with E-state index in [1.807, 2.05) is 6.26 Å². The van der Waals surface area contributed by atoms with Gasteiger partial charge in [-0.1, -0.05) is 34.1 Å². The summed E-state index contributed by atoms with van der Waals surface area (Å²) in [6.45, 7) is 20.9. The molecule has 1 heterocycles. The second kappa shape index (κ2) is 5.46. The maximum atomic E-state index is 7.14. The van der Waals surface area contributed by atoms with E-state index in [1.54, 1.807) is 0 Å². The molecule has 0 radical (unpaired) electrons. The fourth-order valence-corrected chi connectivity index (χ4v) is 8.03. The quantitative estimate of drug-likeness (QED) is 0.540. The van der Waals surface area contributed by atoms with Gasteiger partial charge in [0.05, 0.1) is 6.26 Å². The zero-order chi connectivity index (χ0) is 18.9. The van der Waals surface area contributed by atoms with Crippen molar-refractivity contribution in [3.63, 3.8) is 0 Å². The first-order valence-electron chi connectivity index (χ1n) is 9.96. The van der Waals surface area contributed by atoms with Crippen molar-refractivity contribution >= 4 is 16.6 Å². The molecule has 25 heavy (non-hydrogen) atoms. The lowest BCUT2D eigenvalue weighted by Gasteiger charge is -2.43. The number of rotatable bonds is 6. The van der Waals surface area contributed by atoms with E-state index in [4.69, 9.17) is 13.6 Å². The lowest BCUT2D eigenvalue weighted by molar-refractivity contribution is -0.0583. The van der Waals surface area contributed by atoms with Gasteiger partial charge in [-0.05, 0) is 63.1 Å². The average molecular weight is 383 g/mol. The van der Waals surface area contributed by atoms with Gasteiger partial charge in [-0.25, -0.2) is 0 Å². The SMILES string of the molecule is CCC[C@]12C[C@]3(O[Si](C)(C)C)C=CO[C@@H]3[C@@]1(O[Si](C)(C)C(C)(C)C)C2. The summed E-state index contributed by atoms with van der Waals surface area (Å²) in [6, 6.07) is 0. The van der Waals surface area contributed by atoms with Gasteiger partial charge in [-0.3, -0.25) is 0 Å². The highest BCUT2D eigenvalue weighted by atomic mass is 28.4. The Hall–Kier alpha value is -0.106. The molecule has 3 aliphatic rings. The Morgan fingerprint density at radius 3 is 2.24 bits per heavy atom. The molecule has 144 valence electrons. The van der Waals surface area contributed by atoms with Gasteiger partial charge in [0.15, 0.2) is 22.7 Å². The zero-order valence-electron chi connectivity index (χ0n) is 17.8. The maximum absolute atomic E-state index is 7.14. The summed E-state index contributed by atoms with van der Waals surface area (Å²) in [5, 5.41) is 0.208. The fraction of sp³-hybridized carbons (Fsp3) is 0.900. The van der Waals surface area contributed by atoms with Crippen molar-refractivity contribution < 1.29 is 13.6 Å². The van der Waals surface area contributed by atoms with Gasteiger partial charge in [0.2, 0.25) is 0 Å². The van der Waals surface area contributed by atoms with Crippen molar-refractivity contribution in [1.82, 2.24) is 0 Å². The highest BCUT2D eigenvalue weighted by Gasteiger charge is 2.84. The Morgan fingerprint density at radius 2 is 1.72 bits per heavy atom. The Kier molecular flexibility index (Phi) is 4.29. The second-order valence-electron chi connectivity index (χ2n) is 11.1. The standard InChI is InChI=1S/C20H38O3Si2/c1-10-11-18-14-19(22-24(5,6)7)12-13-21-16(19)20(18,15-18)23-25(8,9)17(2,3)4/h12-13,16H,10-11,14-15H2,1-9H3/t16-,18+,19+,20-/m0/s1. The van der Waals surface area contributed by atoms with E-state index in [1.165, 1.54) is 12.8 Å². The van der Waals surface area contributed by atoms with Crippen LogP contribution in [-0.2, 0) is 13.6 Å². The lowest BCUT2D eigenvalue weighted by atomic mass is 9.90. The topological polar surface area (TPSA) is 27.7 Å². The van der Waals surface area contributed by atoms with Crippen LogP contribution < -0.4 is 0 Å². The number of ether oxygens (including phenoxy) is 1. The molecule has 3 rings (SSSR count). The van der Waals surface area contributed by atoms with E-state index in [0.29, 0.717) is 0 Å². The summed E-state index contributed by atoms with van der Waals surface area (Å²) in [5.74, 6) is 0. The summed E-state index contributed by atoms with van der Waals surface area (Å²) in [6.07, 6.45) is 8.74. The van der Waals surface area contributed by atoms with Crippen LogP contribution in [-0.4, -0.2) is 33.9 Å². The monoisotopic (exact) mass is 382 g/mol. The van der Waals surface area contributed by atoms with E-state index in [2.05, 4.69) is 66.5 Å². The predicted octanol–water partition coefficient (Wildman–Crippen LogP) is 5.84. The molecule has 0 aromatic rings. The Balaban J connectivity index is 1.97. The van der Waals surface area contributed by atoms with Gasteiger partial charge in [0, 0.05) is 5.41 Å². The molecule has 3 nitrogen and oxygen atoms in total. The third-order valence-corrected chi connectivity index (χ3v) is 12.4. The molecule has 0 aromatic heterocycles. The second-order valence-corrected chi connectivity index (χ2v) is 20.3. The normalized spacial score (nSPS) is 40.0. The van der Waals surface area contributed by atoms with Gasteiger partial charge in [-0.15, -0.1) is 0 Å². The van der Waals surface area contributed by atoms with Crippen molar-refractivity contribution in [1.29, 1.82) is 0 Å². The molecule has 0 amide bonds. The molecule has 0 saturated heterocycles. The van der Waals surface area contributed by atoms with Gasteiger partial charge in [0.1, 0.15) is 11.2 Å². The number of hydrogen-bond acceptors (Lipinski definition) is 3.